The quantitative estimate of drug-likeness (QED) is 0.388. The lowest BCUT2D eigenvalue weighted by Crippen LogP contribution is -2.33. The Labute approximate surface area is 208 Å². The number of rotatable bonds is 8. The monoisotopic (exact) mass is 503 g/mol. The van der Waals surface area contributed by atoms with Gasteiger partial charge in [0.05, 0.1) is 24.2 Å². The average Bonchev–Trinajstić information content (AvgIpc) is 3.28. The number of fused-ring (bicyclic) bond motifs is 1. The first kappa shape index (κ1) is 25.8. The van der Waals surface area contributed by atoms with Crippen molar-refractivity contribution in [1.29, 1.82) is 0 Å². The first-order valence-corrected chi connectivity index (χ1v) is 12.1. The Morgan fingerprint density at radius 1 is 1.17 bits per heavy atom. The highest BCUT2D eigenvalue weighted by Gasteiger charge is 2.31. The molecule has 0 unspecified atom stereocenters. The number of aromatic nitrogens is 2. The Bertz CT molecular complexity index is 1230. The Balaban J connectivity index is 1.66. The van der Waals surface area contributed by atoms with Crippen molar-refractivity contribution < 1.29 is 22.6 Å². The maximum atomic E-state index is 13.3. The molecule has 7 nitrogen and oxygen atoms in total. The molecule has 0 radical (unpaired) electrons. The number of aryl methyl sites for hydroxylation is 1. The summed E-state index contributed by atoms with van der Waals surface area (Å²) in [4.78, 5) is 11.5. The summed E-state index contributed by atoms with van der Waals surface area (Å²) in [5, 5.41) is 3.93. The van der Waals surface area contributed by atoms with Gasteiger partial charge >= 0.3 is 6.18 Å². The lowest BCUT2D eigenvalue weighted by molar-refractivity contribution is -0.137. The predicted octanol–water partition coefficient (Wildman–Crippen LogP) is 5.58. The molecule has 1 aliphatic rings. The number of hydrogen-bond acceptors (Lipinski definition) is 7. The molecule has 0 saturated carbocycles. The van der Waals surface area contributed by atoms with E-state index in [4.69, 9.17) is 15.2 Å². The van der Waals surface area contributed by atoms with Gasteiger partial charge < -0.3 is 20.5 Å². The van der Waals surface area contributed by atoms with E-state index in [1.807, 2.05) is 6.07 Å². The molecule has 2 aromatic carbocycles. The van der Waals surface area contributed by atoms with Crippen LogP contribution in [0.5, 0.6) is 11.5 Å². The predicted molar refractivity (Wildman–Crippen MR) is 134 cm³/mol. The van der Waals surface area contributed by atoms with Crippen LogP contribution in [0.1, 0.15) is 49.7 Å². The minimum Gasteiger partial charge on any atom is -0.493 e. The van der Waals surface area contributed by atoms with Crippen LogP contribution in [0.2, 0.25) is 0 Å². The van der Waals surface area contributed by atoms with Crippen LogP contribution in [0.25, 0.3) is 10.9 Å². The molecule has 1 fully saturated rings. The third kappa shape index (κ3) is 5.59. The third-order valence-corrected chi connectivity index (χ3v) is 6.59. The lowest BCUT2D eigenvalue weighted by atomic mass is 10.0. The molecule has 3 N–H and O–H groups in total. The molecule has 1 aliphatic heterocycles. The van der Waals surface area contributed by atoms with Crippen LogP contribution in [-0.4, -0.2) is 47.7 Å². The van der Waals surface area contributed by atoms with Crippen LogP contribution >= 0.6 is 0 Å². The Kier molecular flexibility index (Phi) is 7.44. The second kappa shape index (κ2) is 10.4. The maximum Gasteiger partial charge on any atom is 0.416 e. The first-order chi connectivity index (χ1) is 17.1. The van der Waals surface area contributed by atoms with E-state index in [0.29, 0.717) is 52.3 Å². The molecule has 0 aliphatic carbocycles. The highest BCUT2D eigenvalue weighted by atomic mass is 19.4. The number of ether oxygens (including phenoxy) is 2. The summed E-state index contributed by atoms with van der Waals surface area (Å²) in [5.41, 5.74) is 6.07. The number of nitrogen functional groups attached to an aromatic ring is 1. The number of anilines is 2. The third-order valence-electron chi connectivity index (χ3n) is 6.59. The van der Waals surface area contributed by atoms with Crippen molar-refractivity contribution in [3.63, 3.8) is 0 Å². The molecule has 4 rings (SSSR count). The Morgan fingerprint density at radius 3 is 2.64 bits per heavy atom. The maximum absolute atomic E-state index is 13.3. The van der Waals surface area contributed by atoms with Crippen molar-refractivity contribution >= 4 is 22.4 Å². The van der Waals surface area contributed by atoms with E-state index in [1.54, 1.807) is 27.0 Å². The smallest absolute Gasteiger partial charge is 0.416 e. The summed E-state index contributed by atoms with van der Waals surface area (Å²) < 4.78 is 51.7. The SMILES string of the molecule is CCN1CCC[C@H]1COc1cc2c(N[C@H](C)c3cc(N)cc(C(F)(F)F)c3)nc(C)nc2cc1OC. The fraction of sp³-hybridized carbons (Fsp3) is 0.462. The van der Waals surface area contributed by atoms with Crippen molar-refractivity contribution in [1.82, 2.24) is 14.9 Å². The van der Waals surface area contributed by atoms with Crippen LogP contribution in [0.15, 0.2) is 30.3 Å². The number of likely N-dealkylation sites (N-methyl/N-ethyl adjacent to an activating group) is 1. The standard InChI is InChI=1S/C26H32F3N5O2/c1-5-34-8-6-7-20(34)14-36-24-12-21-22(13-23(24)35-4)32-16(3)33-25(21)31-15(2)17-9-18(26(27,28)29)11-19(30)10-17/h9-13,15,20H,5-8,14,30H2,1-4H3,(H,31,32,33)/t15-,20+/m1/s1. The van der Waals surface area contributed by atoms with Crippen LogP contribution in [0.4, 0.5) is 24.7 Å². The van der Waals surface area contributed by atoms with Crippen LogP contribution in [0.3, 0.4) is 0 Å². The van der Waals surface area contributed by atoms with Gasteiger partial charge in [0.1, 0.15) is 18.2 Å². The molecule has 2 atom stereocenters. The van der Waals surface area contributed by atoms with Crippen molar-refractivity contribution in [3.8, 4) is 11.5 Å². The molecule has 1 aromatic heterocycles. The molecule has 0 spiro atoms. The van der Waals surface area contributed by atoms with E-state index in [0.717, 1.165) is 38.1 Å². The molecular formula is C26H32F3N5O2. The molecule has 10 heteroatoms. The average molecular weight is 504 g/mol. The van der Waals surface area contributed by atoms with Gasteiger partial charge in [-0.05, 0) is 69.6 Å². The van der Waals surface area contributed by atoms with Crippen molar-refractivity contribution in [3.05, 3.63) is 47.3 Å². The van der Waals surface area contributed by atoms with Crippen molar-refractivity contribution in [2.24, 2.45) is 0 Å². The van der Waals surface area contributed by atoms with E-state index in [-0.39, 0.29) is 5.69 Å². The summed E-state index contributed by atoms with van der Waals surface area (Å²) in [6.07, 6.45) is -2.26. The van der Waals surface area contributed by atoms with Gasteiger partial charge in [-0.25, -0.2) is 9.97 Å². The molecule has 2 heterocycles. The molecule has 194 valence electrons. The molecule has 0 bridgehead atoms. The van der Waals surface area contributed by atoms with E-state index in [9.17, 15) is 13.2 Å². The Hall–Kier alpha value is -3.27. The van der Waals surface area contributed by atoms with Gasteiger partial charge in [0.25, 0.3) is 0 Å². The van der Waals surface area contributed by atoms with Crippen LogP contribution in [-0.2, 0) is 6.18 Å². The topological polar surface area (TPSA) is 85.5 Å². The minimum absolute atomic E-state index is 0.0469. The summed E-state index contributed by atoms with van der Waals surface area (Å²) in [5.74, 6) is 2.14. The highest BCUT2D eigenvalue weighted by Crippen LogP contribution is 2.37. The van der Waals surface area contributed by atoms with Crippen molar-refractivity contribution in [2.75, 3.05) is 37.9 Å². The summed E-state index contributed by atoms with van der Waals surface area (Å²) >= 11 is 0. The summed E-state index contributed by atoms with van der Waals surface area (Å²) in [6.45, 7) is 8.24. The fourth-order valence-corrected chi connectivity index (χ4v) is 4.70. The second-order valence-corrected chi connectivity index (χ2v) is 9.13. The van der Waals surface area contributed by atoms with E-state index < -0.39 is 17.8 Å². The molecule has 36 heavy (non-hydrogen) atoms. The number of halogens is 3. The van der Waals surface area contributed by atoms with Gasteiger partial charge in [-0.2, -0.15) is 13.2 Å². The van der Waals surface area contributed by atoms with Crippen LogP contribution < -0.4 is 20.5 Å². The van der Waals surface area contributed by atoms with Crippen molar-refractivity contribution in [2.45, 2.75) is 51.9 Å². The van der Waals surface area contributed by atoms with Crippen LogP contribution in [0, 0.1) is 6.92 Å². The van der Waals surface area contributed by atoms with Gasteiger partial charge in [-0.1, -0.05) is 6.92 Å². The zero-order valence-corrected chi connectivity index (χ0v) is 20.9. The van der Waals surface area contributed by atoms with Gasteiger partial charge in [-0.15, -0.1) is 0 Å². The largest absolute Gasteiger partial charge is 0.493 e. The number of hydrogen-bond donors (Lipinski definition) is 2. The zero-order valence-electron chi connectivity index (χ0n) is 20.9. The number of methoxy groups -OCH3 is 1. The van der Waals surface area contributed by atoms with Gasteiger partial charge in [-0.3, -0.25) is 4.90 Å². The number of likely N-dealkylation sites (tertiary alicyclic amines) is 1. The molecule has 0 amide bonds. The molecule has 3 aromatic rings. The first-order valence-electron chi connectivity index (χ1n) is 12.1. The summed E-state index contributed by atoms with van der Waals surface area (Å²) in [6, 6.07) is 7.02. The Morgan fingerprint density at radius 2 is 1.94 bits per heavy atom. The van der Waals surface area contributed by atoms with Gasteiger partial charge in [0, 0.05) is 23.2 Å². The number of alkyl halides is 3. The highest BCUT2D eigenvalue weighted by molar-refractivity contribution is 5.92. The lowest BCUT2D eigenvalue weighted by Gasteiger charge is -2.23. The molecule has 1 saturated heterocycles. The van der Waals surface area contributed by atoms with Gasteiger partial charge in [0.15, 0.2) is 11.5 Å². The van der Waals surface area contributed by atoms with Gasteiger partial charge in [0.2, 0.25) is 0 Å². The fourth-order valence-electron chi connectivity index (χ4n) is 4.70. The number of nitrogens with one attached hydrogen (secondary N) is 1. The molecular weight excluding hydrogens is 471 g/mol. The van der Waals surface area contributed by atoms with E-state index in [2.05, 4.69) is 27.1 Å². The minimum atomic E-state index is -4.49. The number of benzene rings is 2. The number of nitrogens with two attached hydrogens (primary N) is 1. The second-order valence-electron chi connectivity index (χ2n) is 9.13. The zero-order chi connectivity index (χ0) is 26.0. The van der Waals surface area contributed by atoms with E-state index in [1.165, 1.54) is 6.07 Å². The van der Waals surface area contributed by atoms with E-state index >= 15 is 0 Å². The summed E-state index contributed by atoms with van der Waals surface area (Å²) in [7, 11) is 1.58. The normalized spacial score (nSPS) is 17.4. The number of nitrogens with zero attached hydrogens (tertiary/aromatic N) is 3.